The molecular weight excluding hydrogens is 182 g/mol. The Morgan fingerprint density at radius 2 is 2.36 bits per heavy atom. The molecule has 0 spiro atoms. The molecule has 1 aliphatic carbocycles. The Morgan fingerprint density at radius 1 is 1.57 bits per heavy atom. The third kappa shape index (κ3) is 3.60. The standard InChI is InChI=1S/C10H15NO3/c1-2-14-10(13)5-6-11-8-3-4-9(12)7-8/h7,11H,2-6H2,1H3. The lowest BCUT2D eigenvalue weighted by atomic mass is 10.3. The van der Waals surface area contributed by atoms with Gasteiger partial charge < -0.3 is 10.1 Å². The molecule has 1 rings (SSSR count). The van der Waals surface area contributed by atoms with Crippen molar-refractivity contribution in [1.29, 1.82) is 0 Å². The van der Waals surface area contributed by atoms with E-state index >= 15 is 0 Å². The summed E-state index contributed by atoms with van der Waals surface area (Å²) in [4.78, 5) is 21.8. The minimum atomic E-state index is -0.204. The normalized spacial score (nSPS) is 15.2. The first-order chi connectivity index (χ1) is 6.72. The van der Waals surface area contributed by atoms with Gasteiger partial charge in [-0.15, -0.1) is 0 Å². The molecule has 0 bridgehead atoms. The van der Waals surface area contributed by atoms with Gasteiger partial charge >= 0.3 is 5.97 Å². The minimum Gasteiger partial charge on any atom is -0.466 e. The Hall–Kier alpha value is -1.32. The number of carbonyl (C=O) groups excluding carboxylic acids is 2. The summed E-state index contributed by atoms with van der Waals surface area (Å²) in [6, 6.07) is 0. The number of hydrogen-bond donors (Lipinski definition) is 1. The first kappa shape index (κ1) is 10.8. The molecule has 0 aliphatic heterocycles. The molecule has 4 nitrogen and oxygen atoms in total. The third-order valence-electron chi connectivity index (χ3n) is 1.96. The van der Waals surface area contributed by atoms with Crippen molar-refractivity contribution in [3.63, 3.8) is 0 Å². The van der Waals surface area contributed by atoms with Crippen LogP contribution in [0.3, 0.4) is 0 Å². The lowest BCUT2D eigenvalue weighted by Gasteiger charge is -2.05. The fraction of sp³-hybridized carbons (Fsp3) is 0.600. The third-order valence-corrected chi connectivity index (χ3v) is 1.96. The molecule has 0 heterocycles. The second kappa shape index (κ2) is 5.42. The number of esters is 1. The predicted molar refractivity (Wildman–Crippen MR) is 51.6 cm³/mol. The maximum atomic E-state index is 10.9. The van der Waals surface area contributed by atoms with Gasteiger partial charge in [0.05, 0.1) is 13.0 Å². The summed E-state index contributed by atoms with van der Waals surface area (Å²) < 4.78 is 4.76. The highest BCUT2D eigenvalue weighted by Gasteiger charge is 2.11. The van der Waals surface area contributed by atoms with Crippen LogP contribution in [0.15, 0.2) is 11.8 Å². The molecule has 1 N–H and O–H groups in total. The van der Waals surface area contributed by atoms with Crippen LogP contribution in [0, 0.1) is 0 Å². The number of carbonyl (C=O) groups is 2. The van der Waals surface area contributed by atoms with Crippen LogP contribution in [0.25, 0.3) is 0 Å². The first-order valence-electron chi connectivity index (χ1n) is 4.85. The first-order valence-corrected chi connectivity index (χ1v) is 4.85. The monoisotopic (exact) mass is 197 g/mol. The van der Waals surface area contributed by atoms with E-state index in [0.29, 0.717) is 26.0 Å². The molecule has 0 unspecified atom stereocenters. The molecule has 0 aromatic rings. The number of hydrogen-bond acceptors (Lipinski definition) is 4. The van der Waals surface area contributed by atoms with Gasteiger partial charge in [0.2, 0.25) is 0 Å². The molecule has 4 heteroatoms. The smallest absolute Gasteiger partial charge is 0.307 e. The zero-order valence-electron chi connectivity index (χ0n) is 8.34. The van der Waals surface area contributed by atoms with Crippen LogP contribution in [0.1, 0.15) is 26.2 Å². The van der Waals surface area contributed by atoms with Gasteiger partial charge in [-0.3, -0.25) is 9.59 Å². The Balaban J connectivity index is 2.12. The van der Waals surface area contributed by atoms with E-state index in [9.17, 15) is 9.59 Å². The summed E-state index contributed by atoms with van der Waals surface area (Å²) in [5.74, 6) is -0.0476. The highest BCUT2D eigenvalue weighted by atomic mass is 16.5. The maximum absolute atomic E-state index is 10.9. The fourth-order valence-electron chi connectivity index (χ4n) is 1.29. The lowest BCUT2D eigenvalue weighted by molar-refractivity contribution is -0.142. The number of nitrogens with one attached hydrogen (secondary N) is 1. The van der Waals surface area contributed by atoms with Crippen LogP contribution in [-0.4, -0.2) is 24.9 Å². The summed E-state index contributed by atoms with van der Waals surface area (Å²) in [7, 11) is 0. The van der Waals surface area contributed by atoms with E-state index in [1.54, 1.807) is 13.0 Å². The van der Waals surface area contributed by atoms with E-state index in [2.05, 4.69) is 5.32 Å². The molecule has 0 amide bonds. The van der Waals surface area contributed by atoms with Gasteiger partial charge in [0.15, 0.2) is 5.78 Å². The van der Waals surface area contributed by atoms with E-state index in [1.807, 2.05) is 0 Å². The average Bonchev–Trinajstić information content (AvgIpc) is 2.52. The number of ketones is 1. The van der Waals surface area contributed by atoms with E-state index in [1.165, 1.54) is 0 Å². The Kier molecular flexibility index (Phi) is 4.16. The average molecular weight is 197 g/mol. The zero-order valence-corrected chi connectivity index (χ0v) is 8.34. The van der Waals surface area contributed by atoms with Crippen molar-refractivity contribution in [2.24, 2.45) is 0 Å². The van der Waals surface area contributed by atoms with E-state index < -0.39 is 0 Å². The topological polar surface area (TPSA) is 55.4 Å². The van der Waals surface area contributed by atoms with Gasteiger partial charge in [-0.25, -0.2) is 0 Å². The number of allylic oxidation sites excluding steroid dienone is 2. The molecule has 0 radical (unpaired) electrons. The lowest BCUT2D eigenvalue weighted by Crippen LogP contribution is -2.18. The van der Waals surface area contributed by atoms with Crippen molar-refractivity contribution in [2.75, 3.05) is 13.2 Å². The molecule has 0 atom stereocenters. The molecule has 0 saturated carbocycles. The van der Waals surface area contributed by atoms with Crippen LogP contribution in [-0.2, 0) is 14.3 Å². The molecule has 0 saturated heterocycles. The van der Waals surface area contributed by atoms with Crippen LogP contribution in [0.4, 0.5) is 0 Å². The highest BCUT2D eigenvalue weighted by Crippen LogP contribution is 2.11. The largest absolute Gasteiger partial charge is 0.466 e. The van der Waals surface area contributed by atoms with Crippen molar-refractivity contribution in [3.8, 4) is 0 Å². The summed E-state index contributed by atoms with van der Waals surface area (Å²) >= 11 is 0. The molecule has 0 fully saturated rings. The van der Waals surface area contributed by atoms with Crippen molar-refractivity contribution >= 4 is 11.8 Å². The van der Waals surface area contributed by atoms with Gasteiger partial charge in [-0.1, -0.05) is 0 Å². The summed E-state index contributed by atoms with van der Waals surface area (Å²) in [6.07, 6.45) is 3.30. The summed E-state index contributed by atoms with van der Waals surface area (Å²) in [5, 5.41) is 3.04. The Bertz CT molecular complexity index is 258. The van der Waals surface area contributed by atoms with Gasteiger partial charge in [0.1, 0.15) is 0 Å². The van der Waals surface area contributed by atoms with Gasteiger partial charge in [-0.2, -0.15) is 0 Å². The zero-order chi connectivity index (χ0) is 10.4. The van der Waals surface area contributed by atoms with Crippen molar-refractivity contribution in [3.05, 3.63) is 11.8 Å². The van der Waals surface area contributed by atoms with Gasteiger partial charge in [-0.05, 0) is 13.3 Å². The fourth-order valence-corrected chi connectivity index (χ4v) is 1.29. The second-order valence-electron chi connectivity index (χ2n) is 3.12. The van der Waals surface area contributed by atoms with Gasteiger partial charge in [0.25, 0.3) is 0 Å². The molecule has 0 aromatic carbocycles. The Morgan fingerprint density at radius 3 is 2.93 bits per heavy atom. The van der Waals surface area contributed by atoms with Crippen LogP contribution in [0.5, 0.6) is 0 Å². The SMILES string of the molecule is CCOC(=O)CCNC1=CC(=O)CC1. The predicted octanol–water partition coefficient (Wildman–Crippen LogP) is 0.776. The molecular formula is C10H15NO3. The maximum Gasteiger partial charge on any atom is 0.307 e. The molecule has 78 valence electrons. The number of ether oxygens (including phenoxy) is 1. The van der Waals surface area contributed by atoms with Gasteiger partial charge in [0, 0.05) is 24.7 Å². The van der Waals surface area contributed by atoms with Crippen LogP contribution >= 0.6 is 0 Å². The van der Waals surface area contributed by atoms with Crippen LogP contribution < -0.4 is 5.32 Å². The quantitative estimate of drug-likeness (QED) is 0.661. The molecule has 14 heavy (non-hydrogen) atoms. The summed E-state index contributed by atoms with van der Waals surface area (Å²) in [6.45, 7) is 2.74. The van der Waals surface area contributed by atoms with E-state index in [0.717, 1.165) is 12.1 Å². The molecule has 0 aromatic heterocycles. The van der Waals surface area contributed by atoms with E-state index in [4.69, 9.17) is 4.74 Å². The molecule has 1 aliphatic rings. The van der Waals surface area contributed by atoms with Crippen molar-refractivity contribution < 1.29 is 14.3 Å². The second-order valence-corrected chi connectivity index (χ2v) is 3.12. The number of rotatable bonds is 5. The highest BCUT2D eigenvalue weighted by molar-refractivity contribution is 5.92. The Labute approximate surface area is 83.3 Å². The summed E-state index contributed by atoms with van der Waals surface area (Å²) in [5.41, 5.74) is 0.930. The van der Waals surface area contributed by atoms with Crippen molar-refractivity contribution in [1.82, 2.24) is 5.32 Å². The van der Waals surface area contributed by atoms with Crippen LogP contribution in [0.2, 0.25) is 0 Å². The van der Waals surface area contributed by atoms with E-state index in [-0.39, 0.29) is 11.8 Å². The minimum absolute atomic E-state index is 0.156. The van der Waals surface area contributed by atoms with Crippen molar-refractivity contribution in [2.45, 2.75) is 26.2 Å².